The average molecular weight is 312 g/mol. The van der Waals surface area contributed by atoms with Crippen LogP contribution in [0.15, 0.2) is 24.3 Å². The molecule has 0 bridgehead atoms. The van der Waals surface area contributed by atoms with Crippen LogP contribution in [0, 0.1) is 5.82 Å². The average Bonchev–Trinajstić information content (AvgIpc) is 2.43. The van der Waals surface area contributed by atoms with Gasteiger partial charge in [-0.05, 0) is 24.6 Å². The first-order chi connectivity index (χ1) is 10.2. The molecule has 1 unspecified atom stereocenters. The molecule has 1 atom stereocenters. The zero-order chi connectivity index (χ0) is 16.8. The Labute approximate surface area is 126 Å². The predicted molar refractivity (Wildman–Crippen MR) is 74.4 cm³/mol. The van der Waals surface area contributed by atoms with E-state index in [0.717, 1.165) is 6.92 Å². The van der Waals surface area contributed by atoms with Crippen molar-refractivity contribution in [1.29, 1.82) is 0 Å². The molecule has 0 fully saturated rings. The van der Waals surface area contributed by atoms with Crippen LogP contribution in [0.5, 0.6) is 0 Å². The third-order valence-electron chi connectivity index (χ3n) is 2.79. The van der Waals surface area contributed by atoms with Crippen molar-refractivity contribution in [1.82, 2.24) is 10.6 Å². The maximum atomic E-state index is 12.9. The SMILES string of the molecule is CC(O)(CNC(=O)CNC(=O)Cc1cccc(F)c1)C(=O)O. The van der Waals surface area contributed by atoms with Gasteiger partial charge < -0.3 is 20.8 Å². The molecule has 0 saturated carbocycles. The highest BCUT2D eigenvalue weighted by molar-refractivity contribution is 5.86. The molecule has 0 heterocycles. The minimum absolute atomic E-state index is 0.0854. The van der Waals surface area contributed by atoms with Crippen molar-refractivity contribution >= 4 is 17.8 Å². The number of nitrogens with one attached hydrogen (secondary N) is 2. The Hall–Kier alpha value is -2.48. The molecule has 2 amide bonds. The molecule has 0 aliphatic carbocycles. The molecule has 7 nitrogen and oxygen atoms in total. The van der Waals surface area contributed by atoms with E-state index in [4.69, 9.17) is 5.11 Å². The van der Waals surface area contributed by atoms with Gasteiger partial charge in [-0.1, -0.05) is 12.1 Å². The van der Waals surface area contributed by atoms with Crippen molar-refractivity contribution in [2.75, 3.05) is 13.1 Å². The van der Waals surface area contributed by atoms with Crippen LogP contribution >= 0.6 is 0 Å². The van der Waals surface area contributed by atoms with E-state index in [1.54, 1.807) is 6.07 Å². The number of halogens is 1. The van der Waals surface area contributed by atoms with Crippen LogP contribution < -0.4 is 10.6 Å². The van der Waals surface area contributed by atoms with Crippen molar-refractivity contribution in [3.05, 3.63) is 35.6 Å². The van der Waals surface area contributed by atoms with E-state index in [1.165, 1.54) is 18.2 Å². The number of carbonyl (C=O) groups excluding carboxylic acids is 2. The van der Waals surface area contributed by atoms with Gasteiger partial charge in [0.05, 0.1) is 19.5 Å². The summed E-state index contributed by atoms with van der Waals surface area (Å²) in [5.74, 6) is -3.05. The van der Waals surface area contributed by atoms with Gasteiger partial charge in [0.25, 0.3) is 0 Å². The van der Waals surface area contributed by atoms with Gasteiger partial charge in [0.1, 0.15) is 5.82 Å². The second-order valence-corrected chi connectivity index (χ2v) is 4.94. The van der Waals surface area contributed by atoms with Crippen molar-refractivity contribution in [3.8, 4) is 0 Å². The Morgan fingerprint density at radius 1 is 1.23 bits per heavy atom. The monoisotopic (exact) mass is 312 g/mol. The maximum Gasteiger partial charge on any atom is 0.337 e. The van der Waals surface area contributed by atoms with E-state index in [1.807, 2.05) is 0 Å². The Bertz CT molecular complexity index is 574. The quantitative estimate of drug-likeness (QED) is 0.538. The lowest BCUT2D eigenvalue weighted by Gasteiger charge is -2.18. The molecule has 0 radical (unpaired) electrons. The Balaban J connectivity index is 2.35. The smallest absolute Gasteiger partial charge is 0.337 e. The predicted octanol–water partition coefficient (Wildman–Crippen LogP) is -0.564. The first kappa shape index (κ1) is 17.6. The Morgan fingerprint density at radius 2 is 1.91 bits per heavy atom. The van der Waals surface area contributed by atoms with Crippen LogP contribution in [0.4, 0.5) is 4.39 Å². The van der Waals surface area contributed by atoms with Crippen molar-refractivity contribution in [3.63, 3.8) is 0 Å². The second-order valence-electron chi connectivity index (χ2n) is 4.94. The van der Waals surface area contributed by atoms with Crippen LogP contribution in [0.25, 0.3) is 0 Å². The largest absolute Gasteiger partial charge is 0.479 e. The normalized spacial score (nSPS) is 13.0. The topological polar surface area (TPSA) is 116 Å². The third-order valence-corrected chi connectivity index (χ3v) is 2.79. The number of carbonyl (C=O) groups is 3. The summed E-state index contributed by atoms with van der Waals surface area (Å²) in [5.41, 5.74) is -1.62. The number of rotatable bonds is 7. The minimum Gasteiger partial charge on any atom is -0.479 e. The number of amides is 2. The van der Waals surface area contributed by atoms with E-state index in [-0.39, 0.29) is 13.0 Å². The van der Waals surface area contributed by atoms with Gasteiger partial charge in [-0.2, -0.15) is 0 Å². The highest BCUT2D eigenvalue weighted by Crippen LogP contribution is 2.04. The fraction of sp³-hybridized carbons (Fsp3) is 0.357. The summed E-state index contributed by atoms with van der Waals surface area (Å²) in [4.78, 5) is 33.6. The molecule has 1 aromatic carbocycles. The number of hydrogen-bond donors (Lipinski definition) is 4. The first-order valence-corrected chi connectivity index (χ1v) is 6.44. The van der Waals surface area contributed by atoms with Crippen molar-refractivity contribution in [2.45, 2.75) is 18.9 Å². The number of hydrogen-bond acceptors (Lipinski definition) is 4. The number of benzene rings is 1. The molecule has 0 spiro atoms. The van der Waals surface area contributed by atoms with Crippen molar-refractivity contribution in [2.24, 2.45) is 0 Å². The summed E-state index contributed by atoms with van der Waals surface area (Å²) in [7, 11) is 0. The molecule has 4 N–H and O–H groups in total. The third kappa shape index (κ3) is 5.88. The van der Waals surface area contributed by atoms with Crippen LogP contribution in [-0.4, -0.2) is 46.7 Å². The Kier molecular flexibility index (Phi) is 6.00. The molecule has 120 valence electrons. The lowest BCUT2D eigenvalue weighted by Crippen LogP contribution is -2.48. The van der Waals surface area contributed by atoms with Gasteiger partial charge in [0, 0.05) is 0 Å². The summed E-state index contributed by atoms with van der Waals surface area (Å²) < 4.78 is 12.9. The fourth-order valence-electron chi connectivity index (χ4n) is 1.48. The molecule has 8 heteroatoms. The van der Waals surface area contributed by atoms with Crippen LogP contribution in [0.2, 0.25) is 0 Å². The molecule has 0 aliphatic rings. The standard InChI is InChI=1S/C14H17FN2O5/c1-14(22,13(20)21)8-17-12(19)7-16-11(18)6-9-3-2-4-10(15)5-9/h2-5,22H,6-8H2,1H3,(H,16,18)(H,17,19)(H,20,21). The zero-order valence-electron chi connectivity index (χ0n) is 11.9. The van der Waals surface area contributed by atoms with Crippen LogP contribution in [0.1, 0.15) is 12.5 Å². The summed E-state index contributed by atoms with van der Waals surface area (Å²) in [6, 6.07) is 5.51. The molecule has 0 aliphatic heterocycles. The van der Waals surface area contributed by atoms with Crippen molar-refractivity contribution < 1.29 is 29.0 Å². The van der Waals surface area contributed by atoms with Crippen LogP contribution in [0.3, 0.4) is 0 Å². The highest BCUT2D eigenvalue weighted by atomic mass is 19.1. The second kappa shape index (κ2) is 7.51. The maximum absolute atomic E-state index is 12.9. The fourth-order valence-corrected chi connectivity index (χ4v) is 1.48. The van der Waals surface area contributed by atoms with Gasteiger partial charge in [0.2, 0.25) is 11.8 Å². The van der Waals surface area contributed by atoms with Crippen LogP contribution in [-0.2, 0) is 20.8 Å². The lowest BCUT2D eigenvalue weighted by molar-refractivity contribution is -0.156. The molecule has 22 heavy (non-hydrogen) atoms. The van der Waals surface area contributed by atoms with Gasteiger partial charge in [-0.3, -0.25) is 9.59 Å². The number of carboxylic acid groups (broad SMARTS) is 1. The molecule has 1 rings (SSSR count). The van der Waals surface area contributed by atoms with E-state index in [0.29, 0.717) is 5.56 Å². The summed E-state index contributed by atoms with van der Waals surface area (Å²) in [6.45, 7) is 0.183. The van der Waals surface area contributed by atoms with E-state index in [2.05, 4.69) is 10.6 Å². The molecular formula is C14H17FN2O5. The number of carboxylic acids is 1. The molecule has 0 saturated heterocycles. The molecular weight excluding hydrogens is 295 g/mol. The molecule has 1 aromatic rings. The number of aliphatic hydroxyl groups is 1. The summed E-state index contributed by atoms with van der Waals surface area (Å²) in [5, 5.41) is 22.6. The minimum atomic E-state index is -2.08. The summed E-state index contributed by atoms with van der Waals surface area (Å²) >= 11 is 0. The zero-order valence-corrected chi connectivity index (χ0v) is 11.9. The highest BCUT2D eigenvalue weighted by Gasteiger charge is 2.30. The van der Waals surface area contributed by atoms with Gasteiger partial charge in [-0.25, -0.2) is 9.18 Å². The van der Waals surface area contributed by atoms with E-state index >= 15 is 0 Å². The Morgan fingerprint density at radius 3 is 2.50 bits per heavy atom. The van der Waals surface area contributed by atoms with Gasteiger partial charge in [-0.15, -0.1) is 0 Å². The lowest BCUT2D eigenvalue weighted by atomic mass is 10.1. The van der Waals surface area contributed by atoms with E-state index < -0.39 is 35.7 Å². The van der Waals surface area contributed by atoms with Gasteiger partial charge >= 0.3 is 5.97 Å². The summed E-state index contributed by atoms with van der Waals surface area (Å²) in [6.07, 6.45) is -0.0854. The van der Waals surface area contributed by atoms with Gasteiger partial charge in [0.15, 0.2) is 5.60 Å². The molecule has 0 aromatic heterocycles. The number of aliphatic carboxylic acids is 1. The first-order valence-electron chi connectivity index (χ1n) is 6.44. The van der Waals surface area contributed by atoms with E-state index in [9.17, 15) is 23.9 Å².